The first-order chi connectivity index (χ1) is 15.8. The van der Waals surface area contributed by atoms with Gasteiger partial charge in [0, 0.05) is 22.7 Å². The maximum Gasteiger partial charge on any atom is 0.573 e. The number of benzene rings is 2. The lowest BCUT2D eigenvalue weighted by molar-refractivity contribution is -0.274. The number of halogens is 4. The van der Waals surface area contributed by atoms with Gasteiger partial charge in [-0.1, -0.05) is 19.8 Å². The molecule has 1 atom stereocenters. The number of carboxylic acids is 1. The fraction of sp³-hybridized carbons (Fsp3) is 0.333. The normalized spacial score (nSPS) is 13.6. The average molecular weight is 481 g/mol. The highest BCUT2D eigenvalue weighted by Gasteiger charge is 2.40. The lowest BCUT2D eigenvalue weighted by atomic mass is 9.76. The number of carbonyl (C=O) groups excluding carboxylic acids is 1. The predicted molar refractivity (Wildman–Crippen MR) is 116 cm³/mol. The number of rotatable bonds is 7. The molecule has 1 aromatic heterocycles. The zero-order chi connectivity index (χ0) is 25.4. The van der Waals surface area contributed by atoms with Crippen LogP contribution in [0.2, 0.25) is 0 Å². The first kappa shape index (κ1) is 25.1. The van der Waals surface area contributed by atoms with Crippen LogP contribution in [0.4, 0.5) is 17.6 Å². The number of fused-ring (bicyclic) bond motifs is 1. The molecule has 0 fully saturated rings. The molecule has 0 aliphatic rings. The van der Waals surface area contributed by atoms with Gasteiger partial charge in [-0.3, -0.25) is 14.2 Å². The summed E-state index contributed by atoms with van der Waals surface area (Å²) in [4.78, 5) is 25.7. The second kappa shape index (κ2) is 9.00. The van der Waals surface area contributed by atoms with Gasteiger partial charge in [0.15, 0.2) is 11.6 Å². The molecule has 3 rings (SSSR count). The Morgan fingerprint density at radius 3 is 2.26 bits per heavy atom. The van der Waals surface area contributed by atoms with Crippen molar-refractivity contribution in [2.75, 3.05) is 0 Å². The van der Waals surface area contributed by atoms with Gasteiger partial charge in [-0.15, -0.1) is 13.2 Å². The van der Waals surface area contributed by atoms with E-state index in [1.54, 1.807) is 0 Å². The molecule has 6 nitrogen and oxygen atoms in total. The summed E-state index contributed by atoms with van der Waals surface area (Å²) >= 11 is 0. The minimum atomic E-state index is -4.90. The lowest BCUT2D eigenvalue weighted by Gasteiger charge is -2.26. The van der Waals surface area contributed by atoms with Crippen LogP contribution in [0.15, 0.2) is 36.4 Å². The van der Waals surface area contributed by atoms with Crippen molar-refractivity contribution in [3.8, 4) is 11.5 Å². The number of aromatic nitrogens is 1. The van der Waals surface area contributed by atoms with E-state index in [9.17, 15) is 37.4 Å². The minimum Gasteiger partial charge on any atom is -0.505 e. The SMILES string of the molecule is CCCC[C@@](C)(C(=O)O)c1c(C)n(C(=O)c2ccc(OC(F)(F)F)cc2)c2cc(F)c(O)cc12. The van der Waals surface area contributed by atoms with Crippen molar-refractivity contribution in [3.63, 3.8) is 0 Å². The molecule has 3 aromatic rings. The van der Waals surface area contributed by atoms with E-state index in [4.69, 9.17) is 0 Å². The van der Waals surface area contributed by atoms with E-state index >= 15 is 0 Å². The third-order valence-electron chi connectivity index (χ3n) is 5.86. The number of alkyl halides is 3. The smallest absolute Gasteiger partial charge is 0.505 e. The summed E-state index contributed by atoms with van der Waals surface area (Å²) in [5.41, 5.74) is -0.961. The molecule has 2 aromatic carbocycles. The zero-order valence-electron chi connectivity index (χ0n) is 18.7. The Hall–Kier alpha value is -3.56. The van der Waals surface area contributed by atoms with Crippen molar-refractivity contribution in [2.24, 2.45) is 0 Å². The first-order valence-corrected chi connectivity index (χ1v) is 10.5. The van der Waals surface area contributed by atoms with Gasteiger partial charge >= 0.3 is 12.3 Å². The highest BCUT2D eigenvalue weighted by molar-refractivity contribution is 6.06. The molecule has 2 N–H and O–H groups in total. The van der Waals surface area contributed by atoms with Crippen molar-refractivity contribution in [1.82, 2.24) is 4.57 Å². The summed E-state index contributed by atoms with van der Waals surface area (Å²) in [5.74, 6) is -4.08. The third kappa shape index (κ3) is 4.57. The molecule has 10 heteroatoms. The Balaban J connectivity index is 2.22. The second-order valence-electron chi connectivity index (χ2n) is 8.23. The predicted octanol–water partition coefficient (Wildman–Crippen LogP) is 5.91. The van der Waals surface area contributed by atoms with Crippen LogP contribution in [0.25, 0.3) is 10.9 Å². The molecule has 182 valence electrons. The average Bonchev–Trinajstić information content (AvgIpc) is 3.02. The molecule has 0 saturated carbocycles. The molecule has 1 heterocycles. The number of nitrogens with zero attached hydrogens (tertiary/aromatic N) is 1. The summed E-state index contributed by atoms with van der Waals surface area (Å²) in [6.07, 6.45) is -3.38. The Kier molecular flexibility index (Phi) is 6.64. The fourth-order valence-corrected chi connectivity index (χ4v) is 4.18. The van der Waals surface area contributed by atoms with Crippen LogP contribution in [-0.4, -0.2) is 33.0 Å². The van der Waals surface area contributed by atoms with E-state index in [-0.39, 0.29) is 34.1 Å². The van der Waals surface area contributed by atoms with Gasteiger partial charge in [-0.2, -0.15) is 0 Å². The maximum atomic E-state index is 14.3. The molecule has 34 heavy (non-hydrogen) atoms. The van der Waals surface area contributed by atoms with E-state index in [0.717, 1.165) is 41.0 Å². The standard InChI is InChI=1S/C24H23F4NO5/c1-4-5-10-23(3,22(32)33)20-13(2)29(18-12-17(25)19(30)11-16(18)20)21(31)14-6-8-15(9-7-14)34-24(26,27)28/h6-9,11-12,30H,4-5,10H2,1-3H3,(H,32,33)/t23-/m1/s1. The maximum absolute atomic E-state index is 14.3. The molecular formula is C24H23F4NO5. The Morgan fingerprint density at radius 2 is 1.74 bits per heavy atom. The van der Waals surface area contributed by atoms with Gasteiger partial charge in [-0.05, 0) is 56.2 Å². The Bertz CT molecular complexity index is 1250. The monoisotopic (exact) mass is 481 g/mol. The van der Waals surface area contributed by atoms with Crippen LogP contribution < -0.4 is 4.74 Å². The van der Waals surface area contributed by atoms with Gasteiger partial charge in [-0.25, -0.2) is 4.39 Å². The molecule has 0 aliphatic carbocycles. The van der Waals surface area contributed by atoms with Crippen LogP contribution in [-0.2, 0) is 10.2 Å². The lowest BCUT2D eigenvalue weighted by Crippen LogP contribution is -2.33. The van der Waals surface area contributed by atoms with E-state index in [0.29, 0.717) is 12.8 Å². The molecule has 0 spiro atoms. The third-order valence-corrected chi connectivity index (χ3v) is 5.86. The Morgan fingerprint density at radius 1 is 1.12 bits per heavy atom. The topological polar surface area (TPSA) is 88.8 Å². The Labute approximate surface area is 192 Å². The number of aliphatic carboxylic acids is 1. The molecule has 0 bridgehead atoms. The van der Waals surface area contributed by atoms with Crippen LogP contribution in [0.3, 0.4) is 0 Å². The highest BCUT2D eigenvalue weighted by atomic mass is 19.4. The van der Waals surface area contributed by atoms with Gasteiger partial charge in [0.25, 0.3) is 5.91 Å². The van der Waals surface area contributed by atoms with E-state index < -0.39 is 41.0 Å². The van der Waals surface area contributed by atoms with Crippen LogP contribution in [0.5, 0.6) is 11.5 Å². The summed E-state index contributed by atoms with van der Waals surface area (Å²) in [5, 5.41) is 20.2. The van der Waals surface area contributed by atoms with Gasteiger partial charge in [0.1, 0.15) is 5.75 Å². The van der Waals surface area contributed by atoms with Gasteiger partial charge < -0.3 is 14.9 Å². The highest BCUT2D eigenvalue weighted by Crippen LogP contribution is 2.41. The number of unbranched alkanes of at least 4 members (excludes halogenated alkanes) is 1. The van der Waals surface area contributed by atoms with Crippen molar-refractivity contribution < 1.29 is 42.1 Å². The van der Waals surface area contributed by atoms with E-state index in [2.05, 4.69) is 4.74 Å². The van der Waals surface area contributed by atoms with Crippen LogP contribution in [0.1, 0.15) is 54.7 Å². The second-order valence-corrected chi connectivity index (χ2v) is 8.23. The van der Waals surface area contributed by atoms with Gasteiger partial charge in [0.2, 0.25) is 0 Å². The minimum absolute atomic E-state index is 0.0276. The van der Waals surface area contributed by atoms with Crippen molar-refractivity contribution in [3.05, 3.63) is 59.0 Å². The van der Waals surface area contributed by atoms with E-state index in [1.807, 2.05) is 6.92 Å². The van der Waals surface area contributed by atoms with Crippen molar-refractivity contribution >= 4 is 22.8 Å². The zero-order valence-corrected chi connectivity index (χ0v) is 18.7. The summed E-state index contributed by atoms with van der Waals surface area (Å²) in [6, 6.07) is 6.21. The number of phenolic OH excluding ortho intramolecular Hbond substituents is 1. The summed E-state index contributed by atoms with van der Waals surface area (Å²) in [6.45, 7) is 4.91. The number of aromatic hydroxyl groups is 1. The number of hydrogen-bond donors (Lipinski definition) is 2. The fourth-order valence-electron chi connectivity index (χ4n) is 4.18. The number of carbonyl (C=O) groups is 2. The number of phenols is 1. The quantitative estimate of drug-likeness (QED) is 0.410. The first-order valence-electron chi connectivity index (χ1n) is 10.5. The number of carboxylic acid groups (broad SMARTS) is 1. The summed E-state index contributed by atoms with van der Waals surface area (Å²) < 4.78 is 56.5. The molecule has 0 radical (unpaired) electrons. The van der Waals surface area contributed by atoms with Crippen molar-refractivity contribution in [2.45, 2.75) is 51.8 Å². The molecule has 0 unspecified atom stereocenters. The molecule has 0 saturated heterocycles. The summed E-state index contributed by atoms with van der Waals surface area (Å²) in [7, 11) is 0. The molecular weight excluding hydrogens is 458 g/mol. The van der Waals surface area contributed by atoms with Crippen LogP contribution >= 0.6 is 0 Å². The van der Waals surface area contributed by atoms with Crippen molar-refractivity contribution in [1.29, 1.82) is 0 Å². The largest absolute Gasteiger partial charge is 0.573 e. The molecule has 0 amide bonds. The van der Waals surface area contributed by atoms with Gasteiger partial charge in [0.05, 0.1) is 10.9 Å². The number of ether oxygens (including phenoxy) is 1. The van der Waals surface area contributed by atoms with Crippen LogP contribution in [0, 0.1) is 12.7 Å². The number of hydrogen-bond acceptors (Lipinski definition) is 4. The molecule has 0 aliphatic heterocycles. The van der Waals surface area contributed by atoms with E-state index in [1.165, 1.54) is 13.8 Å².